The maximum Gasteiger partial charge on any atom is 0.0572 e. The van der Waals surface area contributed by atoms with Crippen molar-refractivity contribution in [3.63, 3.8) is 0 Å². The first-order valence-corrected chi connectivity index (χ1v) is 5.98. The standard InChI is InChI=1S/C13H21N3/c1-11(12-6-4-5-7-14-12)16-9-8-15-13(2,3)10-16/h4-7,11,15H,8-10H2,1-3H3. The van der Waals surface area contributed by atoms with Crippen LogP contribution in [0.1, 0.15) is 32.5 Å². The maximum atomic E-state index is 4.44. The van der Waals surface area contributed by atoms with E-state index in [0.717, 1.165) is 19.6 Å². The third-order valence-electron chi connectivity index (χ3n) is 3.26. The minimum atomic E-state index is 0.210. The molecular weight excluding hydrogens is 198 g/mol. The zero-order chi connectivity index (χ0) is 11.6. The van der Waals surface area contributed by atoms with Gasteiger partial charge in [0.1, 0.15) is 0 Å². The second-order valence-electron chi connectivity index (χ2n) is 5.21. The van der Waals surface area contributed by atoms with Crippen LogP contribution in [-0.2, 0) is 0 Å². The molecule has 1 atom stereocenters. The lowest BCUT2D eigenvalue weighted by Gasteiger charge is -2.41. The highest BCUT2D eigenvalue weighted by molar-refractivity contribution is 5.09. The van der Waals surface area contributed by atoms with Gasteiger partial charge >= 0.3 is 0 Å². The number of nitrogens with one attached hydrogen (secondary N) is 1. The summed E-state index contributed by atoms with van der Waals surface area (Å²) in [5.74, 6) is 0. The molecule has 1 aromatic heterocycles. The van der Waals surface area contributed by atoms with Crippen LogP contribution in [0.4, 0.5) is 0 Å². The minimum absolute atomic E-state index is 0.210. The molecule has 0 aliphatic carbocycles. The smallest absolute Gasteiger partial charge is 0.0572 e. The Morgan fingerprint density at radius 2 is 2.25 bits per heavy atom. The van der Waals surface area contributed by atoms with Crippen molar-refractivity contribution >= 4 is 0 Å². The molecular formula is C13H21N3. The Labute approximate surface area is 97.9 Å². The molecule has 88 valence electrons. The summed E-state index contributed by atoms with van der Waals surface area (Å²) in [4.78, 5) is 6.94. The lowest BCUT2D eigenvalue weighted by Crippen LogP contribution is -2.57. The lowest BCUT2D eigenvalue weighted by atomic mass is 10.00. The van der Waals surface area contributed by atoms with Gasteiger partial charge in [0.15, 0.2) is 0 Å². The fourth-order valence-electron chi connectivity index (χ4n) is 2.32. The van der Waals surface area contributed by atoms with E-state index in [0.29, 0.717) is 6.04 Å². The molecule has 0 saturated carbocycles. The fourth-order valence-corrected chi connectivity index (χ4v) is 2.32. The Balaban J connectivity index is 2.08. The summed E-state index contributed by atoms with van der Waals surface area (Å²) in [5, 5.41) is 3.53. The molecule has 1 unspecified atom stereocenters. The Morgan fingerprint density at radius 1 is 1.44 bits per heavy atom. The highest BCUT2D eigenvalue weighted by Gasteiger charge is 2.29. The van der Waals surface area contributed by atoms with E-state index in [2.05, 4.69) is 48.1 Å². The third-order valence-corrected chi connectivity index (χ3v) is 3.26. The molecule has 2 heterocycles. The van der Waals surface area contributed by atoms with Gasteiger partial charge in [0.05, 0.1) is 5.69 Å². The van der Waals surface area contributed by atoms with Crippen LogP contribution in [0.25, 0.3) is 0 Å². The average molecular weight is 219 g/mol. The molecule has 3 heteroatoms. The van der Waals surface area contributed by atoms with E-state index in [4.69, 9.17) is 0 Å². The van der Waals surface area contributed by atoms with Gasteiger partial charge in [0.25, 0.3) is 0 Å². The molecule has 1 fully saturated rings. The molecule has 0 bridgehead atoms. The Morgan fingerprint density at radius 3 is 2.88 bits per heavy atom. The van der Waals surface area contributed by atoms with Crippen molar-refractivity contribution in [2.45, 2.75) is 32.4 Å². The van der Waals surface area contributed by atoms with E-state index in [-0.39, 0.29) is 5.54 Å². The van der Waals surface area contributed by atoms with E-state index >= 15 is 0 Å². The maximum absolute atomic E-state index is 4.44. The molecule has 1 aliphatic rings. The number of aromatic nitrogens is 1. The van der Waals surface area contributed by atoms with Crippen molar-refractivity contribution in [3.8, 4) is 0 Å². The molecule has 3 nitrogen and oxygen atoms in total. The quantitative estimate of drug-likeness (QED) is 0.822. The summed E-state index contributed by atoms with van der Waals surface area (Å²) in [5.41, 5.74) is 1.38. The highest BCUT2D eigenvalue weighted by atomic mass is 15.2. The van der Waals surface area contributed by atoms with Gasteiger partial charge in [0.2, 0.25) is 0 Å². The normalized spacial score (nSPS) is 22.9. The molecule has 16 heavy (non-hydrogen) atoms. The molecule has 1 aromatic rings. The second kappa shape index (κ2) is 4.52. The van der Waals surface area contributed by atoms with Crippen molar-refractivity contribution < 1.29 is 0 Å². The number of hydrogen-bond donors (Lipinski definition) is 1. The fraction of sp³-hybridized carbons (Fsp3) is 0.615. The average Bonchev–Trinajstić information content (AvgIpc) is 2.28. The van der Waals surface area contributed by atoms with Gasteiger partial charge in [-0.15, -0.1) is 0 Å². The number of rotatable bonds is 2. The topological polar surface area (TPSA) is 28.2 Å². The molecule has 1 N–H and O–H groups in total. The zero-order valence-corrected chi connectivity index (χ0v) is 10.4. The highest BCUT2D eigenvalue weighted by Crippen LogP contribution is 2.22. The van der Waals surface area contributed by atoms with Crippen LogP contribution < -0.4 is 5.32 Å². The predicted octanol–water partition coefficient (Wildman–Crippen LogP) is 1.83. The van der Waals surface area contributed by atoms with Crippen LogP contribution in [0.3, 0.4) is 0 Å². The Bertz CT molecular complexity index is 334. The van der Waals surface area contributed by atoms with E-state index in [1.54, 1.807) is 0 Å². The molecule has 0 amide bonds. The molecule has 0 spiro atoms. The first-order chi connectivity index (χ1) is 7.58. The SMILES string of the molecule is CC(c1ccccn1)N1CCNC(C)(C)C1. The molecule has 1 aliphatic heterocycles. The van der Waals surface area contributed by atoms with Crippen molar-refractivity contribution in [3.05, 3.63) is 30.1 Å². The van der Waals surface area contributed by atoms with Gasteiger partial charge in [-0.3, -0.25) is 9.88 Å². The minimum Gasteiger partial charge on any atom is -0.309 e. The van der Waals surface area contributed by atoms with Crippen LogP contribution in [-0.4, -0.2) is 35.1 Å². The van der Waals surface area contributed by atoms with E-state index in [1.807, 2.05) is 12.3 Å². The van der Waals surface area contributed by atoms with Gasteiger partial charge in [0, 0.05) is 37.4 Å². The number of pyridine rings is 1. The molecule has 2 rings (SSSR count). The summed E-state index contributed by atoms with van der Waals surface area (Å²) in [6.07, 6.45) is 1.87. The second-order valence-corrected chi connectivity index (χ2v) is 5.21. The summed E-state index contributed by atoms with van der Waals surface area (Å²) >= 11 is 0. The first-order valence-electron chi connectivity index (χ1n) is 5.98. The van der Waals surface area contributed by atoms with Crippen molar-refractivity contribution in [2.24, 2.45) is 0 Å². The number of nitrogens with zero attached hydrogens (tertiary/aromatic N) is 2. The van der Waals surface area contributed by atoms with Crippen LogP contribution in [0.5, 0.6) is 0 Å². The lowest BCUT2D eigenvalue weighted by molar-refractivity contribution is 0.115. The van der Waals surface area contributed by atoms with E-state index in [9.17, 15) is 0 Å². The largest absolute Gasteiger partial charge is 0.309 e. The summed E-state index contributed by atoms with van der Waals surface area (Å²) in [6, 6.07) is 6.55. The van der Waals surface area contributed by atoms with Crippen molar-refractivity contribution in [1.82, 2.24) is 15.2 Å². The number of hydrogen-bond acceptors (Lipinski definition) is 3. The van der Waals surface area contributed by atoms with Crippen molar-refractivity contribution in [1.29, 1.82) is 0 Å². The van der Waals surface area contributed by atoms with Crippen molar-refractivity contribution in [2.75, 3.05) is 19.6 Å². The van der Waals surface area contributed by atoms with Crippen LogP contribution >= 0.6 is 0 Å². The molecule has 1 saturated heterocycles. The van der Waals surface area contributed by atoms with Crippen LogP contribution in [0, 0.1) is 0 Å². The van der Waals surface area contributed by atoms with Crippen LogP contribution in [0.15, 0.2) is 24.4 Å². The molecule has 0 aromatic carbocycles. The Hall–Kier alpha value is -0.930. The summed E-state index contributed by atoms with van der Waals surface area (Å²) in [7, 11) is 0. The monoisotopic (exact) mass is 219 g/mol. The van der Waals surface area contributed by atoms with Gasteiger partial charge in [-0.2, -0.15) is 0 Å². The van der Waals surface area contributed by atoms with Gasteiger partial charge in [-0.25, -0.2) is 0 Å². The van der Waals surface area contributed by atoms with Gasteiger partial charge in [-0.05, 0) is 32.9 Å². The third kappa shape index (κ3) is 2.60. The summed E-state index contributed by atoms with van der Waals surface area (Å²) < 4.78 is 0. The number of piperazine rings is 1. The van der Waals surface area contributed by atoms with Gasteiger partial charge in [-0.1, -0.05) is 6.07 Å². The zero-order valence-electron chi connectivity index (χ0n) is 10.4. The Kier molecular flexibility index (Phi) is 3.26. The first kappa shape index (κ1) is 11.6. The van der Waals surface area contributed by atoms with E-state index < -0.39 is 0 Å². The summed E-state index contributed by atoms with van der Waals surface area (Å²) in [6.45, 7) is 9.98. The predicted molar refractivity (Wildman–Crippen MR) is 66.3 cm³/mol. The molecule has 0 radical (unpaired) electrons. The van der Waals surface area contributed by atoms with E-state index in [1.165, 1.54) is 5.69 Å². The van der Waals surface area contributed by atoms with Gasteiger partial charge < -0.3 is 5.32 Å². The van der Waals surface area contributed by atoms with Crippen LogP contribution in [0.2, 0.25) is 0 Å².